The van der Waals surface area contributed by atoms with Crippen molar-refractivity contribution >= 4 is 17.4 Å². The maximum absolute atomic E-state index is 6.21. The molecule has 0 amide bonds. The molecular weight excluding hydrogens is 262 g/mol. The summed E-state index contributed by atoms with van der Waals surface area (Å²) in [6.45, 7) is 6.03. The van der Waals surface area contributed by atoms with Gasteiger partial charge in [0.15, 0.2) is 0 Å². The minimum atomic E-state index is 0.704. The average Bonchev–Trinajstić information content (AvgIpc) is 2.49. The standard InChI is InChI=1S/C14H20ClN3O/c15-13-2-1-5-16-14(13)18-8-6-17(7-9-18)12-3-10-19-11-4-12/h1-2,5,12H,3-4,6-11H2. The molecule has 0 aliphatic carbocycles. The highest BCUT2D eigenvalue weighted by molar-refractivity contribution is 6.32. The molecule has 3 rings (SSSR count). The number of hydrogen-bond acceptors (Lipinski definition) is 4. The van der Waals surface area contributed by atoms with Crippen LogP contribution in [0.25, 0.3) is 0 Å². The smallest absolute Gasteiger partial charge is 0.147 e. The number of halogens is 1. The molecule has 0 atom stereocenters. The Bertz CT molecular complexity index is 415. The summed E-state index contributed by atoms with van der Waals surface area (Å²) in [6, 6.07) is 4.49. The van der Waals surface area contributed by atoms with E-state index in [1.165, 1.54) is 12.8 Å². The zero-order valence-electron chi connectivity index (χ0n) is 11.1. The van der Waals surface area contributed by atoms with Crippen LogP contribution >= 0.6 is 11.6 Å². The molecule has 3 heterocycles. The van der Waals surface area contributed by atoms with Gasteiger partial charge in [-0.2, -0.15) is 0 Å². The topological polar surface area (TPSA) is 28.6 Å². The second kappa shape index (κ2) is 6.07. The van der Waals surface area contributed by atoms with Gasteiger partial charge in [-0.25, -0.2) is 4.98 Å². The van der Waals surface area contributed by atoms with E-state index in [0.29, 0.717) is 6.04 Å². The SMILES string of the molecule is Clc1cccnc1N1CCN(C2CCOCC2)CC1. The van der Waals surface area contributed by atoms with Gasteiger partial charge in [-0.1, -0.05) is 11.6 Å². The van der Waals surface area contributed by atoms with E-state index < -0.39 is 0 Å². The molecule has 4 nitrogen and oxygen atoms in total. The zero-order chi connectivity index (χ0) is 13.1. The molecule has 0 aromatic carbocycles. The second-order valence-corrected chi connectivity index (χ2v) is 5.58. The molecule has 1 aromatic rings. The molecule has 19 heavy (non-hydrogen) atoms. The number of hydrogen-bond donors (Lipinski definition) is 0. The Morgan fingerprint density at radius 3 is 2.58 bits per heavy atom. The van der Waals surface area contributed by atoms with Crippen molar-refractivity contribution in [1.82, 2.24) is 9.88 Å². The van der Waals surface area contributed by atoms with Crippen molar-refractivity contribution in [1.29, 1.82) is 0 Å². The second-order valence-electron chi connectivity index (χ2n) is 5.18. The lowest BCUT2D eigenvalue weighted by atomic mass is 10.1. The lowest BCUT2D eigenvalue weighted by Crippen LogP contribution is -2.51. The third-order valence-corrected chi connectivity index (χ3v) is 4.36. The molecule has 0 bridgehead atoms. The Hall–Kier alpha value is -0.840. The Morgan fingerprint density at radius 1 is 1.16 bits per heavy atom. The van der Waals surface area contributed by atoms with E-state index in [9.17, 15) is 0 Å². The Balaban J connectivity index is 1.58. The normalized spacial score (nSPS) is 22.7. The highest BCUT2D eigenvalue weighted by Crippen LogP contribution is 2.24. The molecule has 5 heteroatoms. The van der Waals surface area contributed by atoms with Crippen LogP contribution in [-0.4, -0.2) is 55.3 Å². The van der Waals surface area contributed by atoms with Gasteiger partial charge in [-0.15, -0.1) is 0 Å². The summed E-state index contributed by atoms with van der Waals surface area (Å²) in [5.41, 5.74) is 0. The van der Waals surface area contributed by atoms with Crippen molar-refractivity contribution in [3.63, 3.8) is 0 Å². The van der Waals surface area contributed by atoms with Crippen LogP contribution in [0.15, 0.2) is 18.3 Å². The first-order chi connectivity index (χ1) is 9.34. The molecule has 2 saturated heterocycles. The van der Waals surface area contributed by atoms with E-state index in [2.05, 4.69) is 14.8 Å². The Labute approximate surface area is 119 Å². The summed E-state index contributed by atoms with van der Waals surface area (Å²) in [5, 5.41) is 0.752. The minimum absolute atomic E-state index is 0.704. The lowest BCUT2D eigenvalue weighted by Gasteiger charge is -2.41. The van der Waals surface area contributed by atoms with Crippen molar-refractivity contribution in [2.45, 2.75) is 18.9 Å². The predicted molar refractivity (Wildman–Crippen MR) is 76.9 cm³/mol. The van der Waals surface area contributed by atoms with E-state index in [4.69, 9.17) is 16.3 Å². The van der Waals surface area contributed by atoms with Gasteiger partial charge in [0.25, 0.3) is 0 Å². The van der Waals surface area contributed by atoms with Crippen LogP contribution in [0.1, 0.15) is 12.8 Å². The van der Waals surface area contributed by atoms with E-state index in [0.717, 1.165) is 50.2 Å². The number of nitrogens with zero attached hydrogens (tertiary/aromatic N) is 3. The van der Waals surface area contributed by atoms with Crippen LogP contribution in [0.4, 0.5) is 5.82 Å². The Kier molecular flexibility index (Phi) is 4.21. The van der Waals surface area contributed by atoms with Crippen LogP contribution in [0.5, 0.6) is 0 Å². The fourth-order valence-electron chi connectivity index (χ4n) is 2.96. The van der Waals surface area contributed by atoms with Gasteiger partial charge in [0, 0.05) is 51.6 Å². The number of piperazine rings is 1. The number of pyridine rings is 1. The maximum Gasteiger partial charge on any atom is 0.147 e. The largest absolute Gasteiger partial charge is 0.381 e. The van der Waals surface area contributed by atoms with Crippen molar-refractivity contribution in [3.05, 3.63) is 23.4 Å². The van der Waals surface area contributed by atoms with Gasteiger partial charge >= 0.3 is 0 Å². The summed E-state index contributed by atoms with van der Waals surface area (Å²) >= 11 is 6.21. The summed E-state index contributed by atoms with van der Waals surface area (Å²) < 4.78 is 5.43. The Morgan fingerprint density at radius 2 is 1.89 bits per heavy atom. The molecule has 0 N–H and O–H groups in total. The van der Waals surface area contributed by atoms with Crippen molar-refractivity contribution in [2.75, 3.05) is 44.3 Å². The monoisotopic (exact) mass is 281 g/mol. The number of anilines is 1. The van der Waals surface area contributed by atoms with Gasteiger partial charge < -0.3 is 9.64 Å². The summed E-state index contributed by atoms with van der Waals surface area (Å²) in [5.74, 6) is 0.927. The van der Waals surface area contributed by atoms with Crippen LogP contribution in [0.3, 0.4) is 0 Å². The van der Waals surface area contributed by atoms with Crippen LogP contribution in [0.2, 0.25) is 5.02 Å². The fourth-order valence-corrected chi connectivity index (χ4v) is 3.20. The fraction of sp³-hybridized carbons (Fsp3) is 0.643. The van der Waals surface area contributed by atoms with Gasteiger partial charge in [0.2, 0.25) is 0 Å². The quantitative estimate of drug-likeness (QED) is 0.829. The first-order valence-electron chi connectivity index (χ1n) is 7.02. The highest BCUT2D eigenvalue weighted by Gasteiger charge is 2.26. The maximum atomic E-state index is 6.21. The predicted octanol–water partition coefficient (Wildman–Crippen LogP) is 2.04. The van der Waals surface area contributed by atoms with Gasteiger partial charge in [-0.05, 0) is 25.0 Å². The van der Waals surface area contributed by atoms with Crippen molar-refractivity contribution in [2.24, 2.45) is 0 Å². The molecule has 0 spiro atoms. The van der Waals surface area contributed by atoms with Crippen LogP contribution < -0.4 is 4.90 Å². The van der Waals surface area contributed by atoms with Crippen LogP contribution in [-0.2, 0) is 4.74 Å². The molecule has 2 aliphatic heterocycles. The van der Waals surface area contributed by atoms with Gasteiger partial charge in [0.05, 0.1) is 5.02 Å². The highest BCUT2D eigenvalue weighted by atomic mass is 35.5. The molecule has 1 aromatic heterocycles. The molecule has 0 saturated carbocycles. The van der Waals surface area contributed by atoms with E-state index in [1.54, 1.807) is 0 Å². The molecule has 104 valence electrons. The van der Waals surface area contributed by atoms with Crippen molar-refractivity contribution < 1.29 is 4.74 Å². The summed E-state index contributed by atoms with van der Waals surface area (Å²) in [7, 11) is 0. The van der Waals surface area contributed by atoms with E-state index in [1.807, 2.05) is 18.3 Å². The molecule has 2 aliphatic rings. The molecular formula is C14H20ClN3O. The zero-order valence-corrected chi connectivity index (χ0v) is 11.9. The van der Waals surface area contributed by atoms with Crippen molar-refractivity contribution in [3.8, 4) is 0 Å². The number of aromatic nitrogens is 1. The minimum Gasteiger partial charge on any atom is -0.381 e. The molecule has 0 unspecified atom stereocenters. The van der Waals surface area contributed by atoms with E-state index in [-0.39, 0.29) is 0 Å². The molecule has 2 fully saturated rings. The first-order valence-corrected chi connectivity index (χ1v) is 7.39. The average molecular weight is 282 g/mol. The van der Waals surface area contributed by atoms with E-state index >= 15 is 0 Å². The summed E-state index contributed by atoms with van der Waals surface area (Å²) in [6.07, 6.45) is 4.15. The number of rotatable bonds is 2. The number of ether oxygens (including phenoxy) is 1. The third-order valence-electron chi connectivity index (χ3n) is 4.06. The van der Waals surface area contributed by atoms with Gasteiger partial charge in [0.1, 0.15) is 5.82 Å². The molecule has 0 radical (unpaired) electrons. The third kappa shape index (κ3) is 3.02. The lowest BCUT2D eigenvalue weighted by molar-refractivity contribution is 0.0321. The first kappa shape index (κ1) is 13.2. The van der Waals surface area contributed by atoms with Crippen LogP contribution in [0, 0.1) is 0 Å². The summed E-state index contributed by atoms with van der Waals surface area (Å²) in [4.78, 5) is 9.28. The van der Waals surface area contributed by atoms with Gasteiger partial charge in [-0.3, -0.25) is 4.90 Å².